The van der Waals surface area contributed by atoms with E-state index in [9.17, 15) is 9.18 Å². The van der Waals surface area contributed by atoms with Crippen molar-refractivity contribution in [3.8, 4) is 0 Å². The number of carbonyl (C=O) groups is 1. The van der Waals surface area contributed by atoms with Crippen LogP contribution in [0.1, 0.15) is 5.56 Å². The first-order valence-corrected chi connectivity index (χ1v) is 5.55. The molecule has 0 saturated carbocycles. The minimum atomic E-state index is -0.244. The molecule has 1 rings (SSSR count). The van der Waals surface area contributed by atoms with Crippen LogP contribution < -0.4 is 10.6 Å². The fourth-order valence-corrected chi connectivity index (χ4v) is 1.35. The molecule has 0 bridgehead atoms. The number of halogens is 1. The average Bonchev–Trinajstić information content (AvgIpc) is 2.32. The fourth-order valence-electron chi connectivity index (χ4n) is 1.35. The van der Waals surface area contributed by atoms with E-state index in [-0.39, 0.29) is 18.3 Å². The van der Waals surface area contributed by atoms with Crippen LogP contribution in [0, 0.1) is 5.82 Å². The highest BCUT2D eigenvalue weighted by atomic mass is 19.1. The van der Waals surface area contributed by atoms with Crippen molar-refractivity contribution < 1.29 is 9.18 Å². The summed E-state index contributed by atoms with van der Waals surface area (Å²) in [6.45, 7) is 5.00. The first-order chi connectivity index (χ1) is 8.22. The summed E-state index contributed by atoms with van der Waals surface area (Å²) >= 11 is 0. The third-order valence-electron chi connectivity index (χ3n) is 2.22. The standard InChI is InChI=1S/C13H17FN2O/c1-2-8-15-10-13(17)16-9-7-11-3-5-12(14)6-4-11/h2-6,15H,1,7-10H2,(H,16,17). The van der Waals surface area contributed by atoms with E-state index in [0.717, 1.165) is 5.56 Å². The molecule has 0 heterocycles. The second kappa shape index (κ2) is 7.57. The molecule has 0 saturated heterocycles. The first-order valence-electron chi connectivity index (χ1n) is 5.55. The number of carbonyl (C=O) groups excluding carboxylic acids is 1. The summed E-state index contributed by atoms with van der Waals surface area (Å²) in [6.07, 6.45) is 2.40. The number of nitrogens with one attached hydrogen (secondary N) is 2. The monoisotopic (exact) mass is 236 g/mol. The minimum Gasteiger partial charge on any atom is -0.355 e. The van der Waals surface area contributed by atoms with Crippen molar-refractivity contribution in [2.75, 3.05) is 19.6 Å². The minimum absolute atomic E-state index is 0.0473. The molecular formula is C13H17FN2O. The summed E-state index contributed by atoms with van der Waals surface area (Å²) in [5.74, 6) is -0.291. The Morgan fingerprint density at radius 1 is 1.35 bits per heavy atom. The van der Waals surface area contributed by atoms with Crippen LogP contribution in [0.3, 0.4) is 0 Å². The zero-order valence-electron chi connectivity index (χ0n) is 9.71. The molecule has 0 unspecified atom stereocenters. The second-order valence-corrected chi connectivity index (χ2v) is 3.65. The highest BCUT2D eigenvalue weighted by molar-refractivity contribution is 5.77. The predicted octanol–water partition coefficient (Wildman–Crippen LogP) is 1.26. The lowest BCUT2D eigenvalue weighted by Crippen LogP contribution is -2.34. The van der Waals surface area contributed by atoms with Gasteiger partial charge in [0.25, 0.3) is 0 Å². The van der Waals surface area contributed by atoms with Crippen LogP contribution in [0.2, 0.25) is 0 Å². The van der Waals surface area contributed by atoms with Gasteiger partial charge in [0.15, 0.2) is 0 Å². The van der Waals surface area contributed by atoms with Gasteiger partial charge < -0.3 is 10.6 Å². The number of hydrogen-bond donors (Lipinski definition) is 2. The lowest BCUT2D eigenvalue weighted by Gasteiger charge is -2.05. The van der Waals surface area contributed by atoms with Crippen LogP contribution in [-0.4, -0.2) is 25.5 Å². The van der Waals surface area contributed by atoms with Crippen LogP contribution in [-0.2, 0) is 11.2 Å². The fraction of sp³-hybridized carbons (Fsp3) is 0.308. The molecule has 0 aliphatic rings. The van der Waals surface area contributed by atoms with Gasteiger partial charge >= 0.3 is 0 Å². The Morgan fingerprint density at radius 3 is 2.71 bits per heavy atom. The zero-order chi connectivity index (χ0) is 12.5. The van der Waals surface area contributed by atoms with Gasteiger partial charge in [0, 0.05) is 13.1 Å². The van der Waals surface area contributed by atoms with Gasteiger partial charge in [-0.05, 0) is 24.1 Å². The number of benzene rings is 1. The van der Waals surface area contributed by atoms with Crippen molar-refractivity contribution in [1.29, 1.82) is 0 Å². The molecule has 17 heavy (non-hydrogen) atoms. The van der Waals surface area contributed by atoms with E-state index in [2.05, 4.69) is 17.2 Å². The molecule has 0 radical (unpaired) electrons. The summed E-state index contributed by atoms with van der Waals surface area (Å²) in [5, 5.41) is 5.69. The maximum atomic E-state index is 12.6. The van der Waals surface area contributed by atoms with Gasteiger partial charge in [-0.1, -0.05) is 18.2 Å². The Balaban J connectivity index is 2.16. The Morgan fingerprint density at radius 2 is 2.06 bits per heavy atom. The summed E-state index contributed by atoms with van der Waals surface area (Å²) in [7, 11) is 0. The third-order valence-corrected chi connectivity index (χ3v) is 2.22. The Hall–Kier alpha value is -1.68. The van der Waals surface area contributed by atoms with Crippen molar-refractivity contribution >= 4 is 5.91 Å². The van der Waals surface area contributed by atoms with Crippen LogP contribution in [0.25, 0.3) is 0 Å². The Kier molecular flexibility index (Phi) is 5.96. The molecular weight excluding hydrogens is 219 g/mol. The molecule has 92 valence electrons. The van der Waals surface area contributed by atoms with Gasteiger partial charge in [-0.25, -0.2) is 4.39 Å². The maximum Gasteiger partial charge on any atom is 0.233 e. The van der Waals surface area contributed by atoms with Gasteiger partial charge in [-0.2, -0.15) is 0 Å². The molecule has 1 amide bonds. The zero-order valence-corrected chi connectivity index (χ0v) is 9.71. The van der Waals surface area contributed by atoms with Crippen LogP contribution in [0.4, 0.5) is 4.39 Å². The number of amides is 1. The van der Waals surface area contributed by atoms with Crippen LogP contribution >= 0.6 is 0 Å². The Bertz CT molecular complexity index is 362. The molecule has 0 aromatic heterocycles. The van der Waals surface area contributed by atoms with E-state index in [0.29, 0.717) is 19.5 Å². The molecule has 3 nitrogen and oxygen atoms in total. The average molecular weight is 236 g/mol. The third kappa shape index (κ3) is 5.82. The van der Waals surface area contributed by atoms with Crippen LogP contribution in [0.15, 0.2) is 36.9 Å². The van der Waals surface area contributed by atoms with Crippen molar-refractivity contribution in [3.63, 3.8) is 0 Å². The van der Waals surface area contributed by atoms with E-state index in [1.165, 1.54) is 12.1 Å². The van der Waals surface area contributed by atoms with Gasteiger partial charge in [0.05, 0.1) is 6.54 Å². The molecule has 2 N–H and O–H groups in total. The largest absolute Gasteiger partial charge is 0.355 e. The summed E-state index contributed by atoms with van der Waals surface area (Å²) < 4.78 is 12.6. The van der Waals surface area contributed by atoms with Gasteiger partial charge in [-0.15, -0.1) is 6.58 Å². The Labute approximate surface area is 101 Å². The number of hydrogen-bond acceptors (Lipinski definition) is 2. The SMILES string of the molecule is C=CCNCC(=O)NCCc1ccc(F)cc1. The van der Waals surface area contributed by atoms with E-state index in [1.807, 2.05) is 0 Å². The number of rotatable bonds is 7. The predicted molar refractivity (Wildman–Crippen MR) is 66.2 cm³/mol. The molecule has 4 heteroatoms. The highest BCUT2D eigenvalue weighted by Crippen LogP contribution is 2.02. The quantitative estimate of drug-likeness (QED) is 0.553. The molecule has 0 fully saturated rings. The topological polar surface area (TPSA) is 41.1 Å². The summed E-state index contributed by atoms with van der Waals surface area (Å²) in [6, 6.07) is 6.28. The normalized spacial score (nSPS) is 9.94. The lowest BCUT2D eigenvalue weighted by molar-refractivity contribution is -0.120. The second-order valence-electron chi connectivity index (χ2n) is 3.65. The first kappa shape index (κ1) is 13.4. The molecule has 0 aliphatic carbocycles. The summed E-state index contributed by atoms with van der Waals surface area (Å²) in [5.41, 5.74) is 1.01. The van der Waals surface area contributed by atoms with E-state index < -0.39 is 0 Å². The van der Waals surface area contributed by atoms with E-state index in [1.54, 1.807) is 18.2 Å². The van der Waals surface area contributed by atoms with Crippen molar-refractivity contribution in [1.82, 2.24) is 10.6 Å². The van der Waals surface area contributed by atoms with Gasteiger partial charge in [0.2, 0.25) is 5.91 Å². The van der Waals surface area contributed by atoms with Crippen molar-refractivity contribution in [2.45, 2.75) is 6.42 Å². The molecule has 0 aliphatic heterocycles. The maximum absolute atomic E-state index is 12.6. The van der Waals surface area contributed by atoms with Crippen molar-refractivity contribution in [3.05, 3.63) is 48.3 Å². The van der Waals surface area contributed by atoms with Crippen LogP contribution in [0.5, 0.6) is 0 Å². The van der Waals surface area contributed by atoms with Gasteiger partial charge in [-0.3, -0.25) is 4.79 Å². The van der Waals surface area contributed by atoms with E-state index in [4.69, 9.17) is 0 Å². The van der Waals surface area contributed by atoms with Crippen molar-refractivity contribution in [2.24, 2.45) is 0 Å². The van der Waals surface area contributed by atoms with Gasteiger partial charge in [0.1, 0.15) is 5.82 Å². The summed E-state index contributed by atoms with van der Waals surface area (Å²) in [4.78, 5) is 11.3. The van der Waals surface area contributed by atoms with E-state index >= 15 is 0 Å². The molecule has 1 aromatic carbocycles. The molecule has 0 atom stereocenters. The lowest BCUT2D eigenvalue weighted by atomic mass is 10.1. The smallest absolute Gasteiger partial charge is 0.233 e. The molecule has 0 spiro atoms. The highest BCUT2D eigenvalue weighted by Gasteiger charge is 1.99. The molecule has 1 aromatic rings.